The van der Waals surface area contributed by atoms with Crippen molar-refractivity contribution in [3.63, 3.8) is 0 Å². The summed E-state index contributed by atoms with van der Waals surface area (Å²) in [5.74, 6) is 1.97. The first kappa shape index (κ1) is 19.4. The quantitative estimate of drug-likeness (QED) is 0.506. The van der Waals surface area contributed by atoms with Crippen LogP contribution in [-0.4, -0.2) is 53.2 Å². The number of nitrogens with zero attached hydrogens (tertiary/aromatic N) is 4. The molecule has 1 heterocycles. The van der Waals surface area contributed by atoms with Gasteiger partial charge in [0.2, 0.25) is 5.89 Å². The summed E-state index contributed by atoms with van der Waals surface area (Å²) in [7, 11) is 0. The largest absolute Gasteiger partial charge is 0.357 e. The predicted molar refractivity (Wildman–Crippen MR) is 93.5 cm³/mol. The standard InChI is InChI=1S/C16H32N6O/c1-6-17-16(18-12-15-20-14(5)23-21-15)19-13(4)10-9-11-22(7-2)8-3/h13H,6-12H2,1-5H3,(H2,17,18,19). The number of hydrogen-bond acceptors (Lipinski definition) is 5. The number of aryl methyl sites for hydroxylation is 1. The summed E-state index contributed by atoms with van der Waals surface area (Å²) < 4.78 is 4.96. The molecule has 1 atom stereocenters. The Labute approximate surface area is 139 Å². The van der Waals surface area contributed by atoms with E-state index in [1.807, 2.05) is 0 Å². The molecule has 0 radical (unpaired) electrons. The van der Waals surface area contributed by atoms with Gasteiger partial charge < -0.3 is 20.1 Å². The van der Waals surface area contributed by atoms with Crippen molar-refractivity contribution in [1.29, 1.82) is 0 Å². The average Bonchev–Trinajstić information content (AvgIpc) is 2.95. The molecule has 0 saturated heterocycles. The van der Waals surface area contributed by atoms with E-state index in [1.165, 1.54) is 6.42 Å². The van der Waals surface area contributed by atoms with Gasteiger partial charge in [0.25, 0.3) is 0 Å². The number of nitrogens with one attached hydrogen (secondary N) is 2. The van der Waals surface area contributed by atoms with Crippen LogP contribution in [0.4, 0.5) is 0 Å². The third kappa shape index (κ3) is 7.97. The van der Waals surface area contributed by atoms with Crippen molar-refractivity contribution in [3.05, 3.63) is 11.7 Å². The van der Waals surface area contributed by atoms with E-state index >= 15 is 0 Å². The Morgan fingerprint density at radius 3 is 2.61 bits per heavy atom. The minimum atomic E-state index is 0.371. The molecule has 0 spiro atoms. The van der Waals surface area contributed by atoms with Crippen LogP contribution >= 0.6 is 0 Å². The first-order chi connectivity index (χ1) is 11.1. The van der Waals surface area contributed by atoms with Gasteiger partial charge in [-0.1, -0.05) is 19.0 Å². The molecule has 1 aromatic rings. The summed E-state index contributed by atoms with van der Waals surface area (Å²) in [6, 6.07) is 0.371. The highest BCUT2D eigenvalue weighted by molar-refractivity contribution is 5.79. The number of hydrogen-bond donors (Lipinski definition) is 2. The maximum atomic E-state index is 4.96. The van der Waals surface area contributed by atoms with E-state index in [9.17, 15) is 0 Å². The number of aliphatic imine (C=N–C) groups is 1. The van der Waals surface area contributed by atoms with E-state index in [4.69, 9.17) is 4.52 Å². The van der Waals surface area contributed by atoms with Gasteiger partial charge in [-0.3, -0.25) is 0 Å². The third-order valence-corrected chi connectivity index (χ3v) is 3.68. The van der Waals surface area contributed by atoms with Crippen molar-refractivity contribution in [2.45, 2.75) is 60.0 Å². The number of aromatic nitrogens is 2. The Kier molecular flexibility index (Phi) is 9.28. The lowest BCUT2D eigenvalue weighted by Gasteiger charge is -2.21. The van der Waals surface area contributed by atoms with Crippen LogP contribution in [0.3, 0.4) is 0 Å². The zero-order valence-electron chi connectivity index (χ0n) is 15.2. The molecule has 0 aromatic carbocycles. The summed E-state index contributed by atoms with van der Waals surface area (Å²) in [4.78, 5) is 11.1. The van der Waals surface area contributed by atoms with Gasteiger partial charge in [-0.15, -0.1) is 0 Å². The highest BCUT2D eigenvalue weighted by Crippen LogP contribution is 2.01. The molecule has 0 aliphatic heterocycles. The van der Waals surface area contributed by atoms with Crippen molar-refractivity contribution in [1.82, 2.24) is 25.7 Å². The zero-order chi connectivity index (χ0) is 17.1. The Balaban J connectivity index is 2.41. The molecule has 132 valence electrons. The minimum absolute atomic E-state index is 0.371. The maximum Gasteiger partial charge on any atom is 0.223 e. The fraction of sp³-hybridized carbons (Fsp3) is 0.812. The van der Waals surface area contributed by atoms with E-state index in [2.05, 4.69) is 58.4 Å². The molecule has 7 heteroatoms. The predicted octanol–water partition coefficient (Wildman–Crippen LogP) is 1.94. The lowest BCUT2D eigenvalue weighted by Crippen LogP contribution is -2.42. The van der Waals surface area contributed by atoms with Crippen LogP contribution in [0.5, 0.6) is 0 Å². The zero-order valence-corrected chi connectivity index (χ0v) is 15.2. The topological polar surface area (TPSA) is 78.6 Å². The van der Waals surface area contributed by atoms with Gasteiger partial charge in [-0.2, -0.15) is 4.98 Å². The lowest BCUT2D eigenvalue weighted by atomic mass is 10.2. The molecule has 2 N–H and O–H groups in total. The fourth-order valence-electron chi connectivity index (χ4n) is 2.34. The summed E-state index contributed by atoms with van der Waals surface area (Å²) >= 11 is 0. The molecule has 1 aromatic heterocycles. The smallest absolute Gasteiger partial charge is 0.223 e. The van der Waals surface area contributed by atoms with Crippen molar-refractivity contribution in [2.75, 3.05) is 26.2 Å². The average molecular weight is 324 g/mol. The van der Waals surface area contributed by atoms with E-state index in [0.29, 0.717) is 24.3 Å². The van der Waals surface area contributed by atoms with Crippen LogP contribution in [-0.2, 0) is 6.54 Å². The second kappa shape index (κ2) is 11.0. The van der Waals surface area contributed by atoms with Gasteiger partial charge in [0.15, 0.2) is 11.8 Å². The van der Waals surface area contributed by atoms with Crippen molar-refractivity contribution < 1.29 is 4.52 Å². The SMILES string of the molecule is CCNC(=NCc1noc(C)n1)NC(C)CCCN(CC)CC. The van der Waals surface area contributed by atoms with E-state index in [1.54, 1.807) is 6.92 Å². The minimum Gasteiger partial charge on any atom is -0.357 e. The maximum absolute atomic E-state index is 4.96. The normalized spacial score (nSPS) is 13.4. The molecule has 0 fully saturated rings. The van der Waals surface area contributed by atoms with Crippen molar-refractivity contribution >= 4 is 5.96 Å². The van der Waals surface area contributed by atoms with Crippen LogP contribution in [0.15, 0.2) is 9.52 Å². The molecule has 7 nitrogen and oxygen atoms in total. The Morgan fingerprint density at radius 2 is 2.04 bits per heavy atom. The molecule has 0 amide bonds. The van der Waals surface area contributed by atoms with E-state index < -0.39 is 0 Å². The number of rotatable bonds is 10. The Bertz CT molecular complexity index is 455. The molecule has 0 bridgehead atoms. The molecule has 1 unspecified atom stereocenters. The summed E-state index contributed by atoms with van der Waals surface area (Å²) in [5, 5.41) is 10.6. The van der Waals surface area contributed by atoms with Crippen LogP contribution in [0.25, 0.3) is 0 Å². The highest BCUT2D eigenvalue weighted by atomic mass is 16.5. The van der Waals surface area contributed by atoms with Crippen molar-refractivity contribution in [2.24, 2.45) is 4.99 Å². The summed E-state index contributed by atoms with van der Waals surface area (Å²) in [6.45, 7) is 15.1. The highest BCUT2D eigenvalue weighted by Gasteiger charge is 2.07. The Hall–Kier alpha value is -1.63. The van der Waals surface area contributed by atoms with Gasteiger partial charge in [0, 0.05) is 19.5 Å². The lowest BCUT2D eigenvalue weighted by molar-refractivity contribution is 0.292. The van der Waals surface area contributed by atoms with Gasteiger partial charge >= 0.3 is 0 Å². The van der Waals surface area contributed by atoms with Crippen molar-refractivity contribution in [3.8, 4) is 0 Å². The monoisotopic (exact) mass is 324 g/mol. The van der Waals surface area contributed by atoms with Gasteiger partial charge in [-0.05, 0) is 46.3 Å². The number of guanidine groups is 1. The van der Waals surface area contributed by atoms with Gasteiger partial charge in [0.05, 0.1) is 0 Å². The fourth-order valence-corrected chi connectivity index (χ4v) is 2.34. The molecule has 0 aliphatic rings. The van der Waals surface area contributed by atoms with Crippen LogP contribution in [0.1, 0.15) is 52.3 Å². The Morgan fingerprint density at radius 1 is 1.30 bits per heavy atom. The van der Waals surface area contributed by atoms with Gasteiger partial charge in [-0.25, -0.2) is 4.99 Å². The second-order valence-corrected chi connectivity index (χ2v) is 5.64. The third-order valence-electron chi connectivity index (χ3n) is 3.68. The molecule has 1 rings (SSSR count). The molecular formula is C16H32N6O. The second-order valence-electron chi connectivity index (χ2n) is 5.64. The summed E-state index contributed by atoms with van der Waals surface area (Å²) in [5.41, 5.74) is 0. The summed E-state index contributed by atoms with van der Waals surface area (Å²) in [6.07, 6.45) is 2.29. The first-order valence-electron chi connectivity index (χ1n) is 8.65. The first-order valence-corrected chi connectivity index (χ1v) is 8.65. The molecule has 0 saturated carbocycles. The van der Waals surface area contributed by atoms with E-state index in [0.717, 1.165) is 38.6 Å². The van der Waals surface area contributed by atoms with Crippen LogP contribution in [0, 0.1) is 6.92 Å². The molecule has 23 heavy (non-hydrogen) atoms. The van der Waals surface area contributed by atoms with Gasteiger partial charge in [0.1, 0.15) is 6.54 Å². The van der Waals surface area contributed by atoms with E-state index in [-0.39, 0.29) is 0 Å². The van der Waals surface area contributed by atoms with Crippen LogP contribution < -0.4 is 10.6 Å². The molecule has 0 aliphatic carbocycles. The molecular weight excluding hydrogens is 292 g/mol. The van der Waals surface area contributed by atoms with Crippen LogP contribution in [0.2, 0.25) is 0 Å².